The maximum absolute atomic E-state index is 13.3. The molecule has 0 fully saturated rings. The van der Waals surface area contributed by atoms with E-state index in [1.165, 1.54) is 12.1 Å². The molecule has 0 saturated carbocycles. The number of halogens is 2. The summed E-state index contributed by atoms with van der Waals surface area (Å²) in [6.07, 6.45) is 3.75. The highest BCUT2D eigenvalue weighted by Crippen LogP contribution is 2.31. The number of nitrogens with zero attached hydrogens (tertiary/aromatic N) is 2. The fourth-order valence-corrected chi connectivity index (χ4v) is 3.16. The number of hydrogen-bond donors (Lipinski definition) is 1. The average molecular weight is 291 g/mol. The van der Waals surface area contributed by atoms with Gasteiger partial charge in [-0.05, 0) is 43.4 Å². The van der Waals surface area contributed by atoms with E-state index >= 15 is 0 Å². The van der Waals surface area contributed by atoms with Crippen LogP contribution in [0.15, 0.2) is 18.2 Å². The van der Waals surface area contributed by atoms with Gasteiger partial charge in [-0.3, -0.25) is 4.68 Å². The molecular formula is C16H19F2N3. The molecule has 1 aliphatic carbocycles. The van der Waals surface area contributed by atoms with Crippen LogP contribution in [-0.2, 0) is 19.4 Å². The summed E-state index contributed by atoms with van der Waals surface area (Å²) in [7, 11) is 0. The lowest BCUT2D eigenvalue weighted by atomic mass is 9.91. The van der Waals surface area contributed by atoms with Crippen molar-refractivity contribution >= 4 is 0 Å². The second kappa shape index (κ2) is 5.56. The first kappa shape index (κ1) is 14.2. The van der Waals surface area contributed by atoms with Gasteiger partial charge in [-0.2, -0.15) is 5.10 Å². The molecule has 1 unspecified atom stereocenters. The molecule has 21 heavy (non-hydrogen) atoms. The van der Waals surface area contributed by atoms with Crippen molar-refractivity contribution in [1.29, 1.82) is 0 Å². The van der Waals surface area contributed by atoms with Crippen LogP contribution in [0.25, 0.3) is 0 Å². The van der Waals surface area contributed by atoms with Gasteiger partial charge in [0.15, 0.2) is 0 Å². The maximum atomic E-state index is 13.3. The number of aryl methyl sites for hydroxylation is 1. The van der Waals surface area contributed by atoms with Crippen molar-refractivity contribution in [2.24, 2.45) is 5.73 Å². The van der Waals surface area contributed by atoms with E-state index in [1.807, 2.05) is 4.68 Å². The largest absolute Gasteiger partial charge is 0.324 e. The highest BCUT2D eigenvalue weighted by molar-refractivity contribution is 5.33. The molecule has 1 atom stereocenters. The van der Waals surface area contributed by atoms with Crippen LogP contribution in [0.2, 0.25) is 0 Å². The Labute approximate surface area is 122 Å². The molecule has 1 aromatic carbocycles. The van der Waals surface area contributed by atoms with E-state index < -0.39 is 11.6 Å². The third kappa shape index (κ3) is 2.70. The summed E-state index contributed by atoms with van der Waals surface area (Å²) in [6.45, 7) is 2.43. The van der Waals surface area contributed by atoms with Crippen molar-refractivity contribution in [2.75, 3.05) is 0 Å². The van der Waals surface area contributed by atoms with Gasteiger partial charge in [0.05, 0.1) is 12.2 Å². The van der Waals surface area contributed by atoms with E-state index in [2.05, 4.69) is 12.0 Å². The van der Waals surface area contributed by atoms with Gasteiger partial charge in [-0.25, -0.2) is 8.78 Å². The molecule has 0 radical (unpaired) electrons. The Balaban J connectivity index is 1.99. The fourth-order valence-electron chi connectivity index (χ4n) is 3.16. The third-order valence-electron chi connectivity index (χ3n) is 4.06. The first-order chi connectivity index (χ1) is 10.1. The van der Waals surface area contributed by atoms with E-state index in [0.717, 1.165) is 48.7 Å². The Morgan fingerprint density at radius 1 is 1.29 bits per heavy atom. The van der Waals surface area contributed by atoms with Crippen molar-refractivity contribution in [1.82, 2.24) is 9.78 Å². The van der Waals surface area contributed by atoms with Crippen LogP contribution in [0, 0.1) is 11.6 Å². The minimum Gasteiger partial charge on any atom is -0.324 e. The first-order valence-corrected chi connectivity index (χ1v) is 7.37. The van der Waals surface area contributed by atoms with Crippen molar-refractivity contribution in [3.63, 3.8) is 0 Å². The lowest BCUT2D eigenvalue weighted by molar-refractivity contribution is 0.534. The van der Waals surface area contributed by atoms with Gasteiger partial charge < -0.3 is 5.73 Å². The highest BCUT2D eigenvalue weighted by Gasteiger charge is 2.25. The Morgan fingerprint density at radius 2 is 2.00 bits per heavy atom. The van der Waals surface area contributed by atoms with Gasteiger partial charge in [-0.15, -0.1) is 0 Å². The smallest absolute Gasteiger partial charge is 0.126 e. The minimum atomic E-state index is -0.557. The third-order valence-corrected chi connectivity index (χ3v) is 4.06. The quantitative estimate of drug-likeness (QED) is 0.944. The zero-order valence-corrected chi connectivity index (χ0v) is 12.1. The predicted molar refractivity (Wildman–Crippen MR) is 76.9 cm³/mol. The van der Waals surface area contributed by atoms with Crippen molar-refractivity contribution in [3.05, 3.63) is 52.3 Å². The highest BCUT2D eigenvalue weighted by atomic mass is 19.1. The molecule has 3 rings (SSSR count). The minimum absolute atomic E-state index is 0.0293. The monoisotopic (exact) mass is 291 g/mol. The summed E-state index contributed by atoms with van der Waals surface area (Å²) in [6, 6.07) is 3.62. The molecule has 112 valence electrons. The maximum Gasteiger partial charge on any atom is 0.126 e. The molecule has 1 heterocycles. The lowest BCUT2D eigenvalue weighted by Gasteiger charge is -2.20. The predicted octanol–water partition coefficient (Wildman–Crippen LogP) is 3.11. The molecule has 2 N–H and O–H groups in total. The zero-order chi connectivity index (χ0) is 15.0. The molecule has 0 bridgehead atoms. The van der Waals surface area contributed by atoms with E-state index in [1.54, 1.807) is 0 Å². The Hall–Kier alpha value is -1.75. The zero-order valence-electron chi connectivity index (χ0n) is 12.1. The summed E-state index contributed by atoms with van der Waals surface area (Å²) < 4.78 is 28.5. The van der Waals surface area contributed by atoms with Gasteiger partial charge in [0.25, 0.3) is 0 Å². The van der Waals surface area contributed by atoms with Gasteiger partial charge in [0.1, 0.15) is 11.6 Å². The van der Waals surface area contributed by atoms with E-state index in [4.69, 9.17) is 5.73 Å². The van der Waals surface area contributed by atoms with Crippen LogP contribution in [0.3, 0.4) is 0 Å². The van der Waals surface area contributed by atoms with Crippen LogP contribution in [0.5, 0.6) is 0 Å². The second-order valence-corrected chi connectivity index (χ2v) is 5.59. The summed E-state index contributed by atoms with van der Waals surface area (Å²) in [5.41, 5.74) is 10.1. The van der Waals surface area contributed by atoms with E-state index in [0.29, 0.717) is 12.1 Å². The molecule has 0 aliphatic heterocycles. The Kier molecular flexibility index (Phi) is 3.76. The molecule has 2 aromatic rings. The second-order valence-electron chi connectivity index (χ2n) is 5.59. The van der Waals surface area contributed by atoms with E-state index in [-0.39, 0.29) is 6.04 Å². The van der Waals surface area contributed by atoms with Gasteiger partial charge in [0, 0.05) is 23.4 Å². The topological polar surface area (TPSA) is 43.8 Å². The summed E-state index contributed by atoms with van der Waals surface area (Å²) in [5.74, 6) is -1.11. The molecule has 0 saturated heterocycles. The number of fused-ring (bicyclic) bond motifs is 1. The number of hydrogen-bond acceptors (Lipinski definition) is 2. The van der Waals surface area contributed by atoms with Crippen LogP contribution in [0.4, 0.5) is 8.78 Å². The van der Waals surface area contributed by atoms with Crippen LogP contribution < -0.4 is 5.73 Å². The number of rotatable bonds is 3. The van der Waals surface area contributed by atoms with Gasteiger partial charge in [-0.1, -0.05) is 6.92 Å². The van der Waals surface area contributed by atoms with Crippen LogP contribution >= 0.6 is 0 Å². The molecule has 1 aliphatic rings. The number of nitrogens with two attached hydrogens (primary N) is 1. The molecule has 0 amide bonds. The lowest BCUT2D eigenvalue weighted by Crippen LogP contribution is -2.19. The van der Waals surface area contributed by atoms with Crippen LogP contribution in [0.1, 0.15) is 48.3 Å². The molecule has 0 spiro atoms. The normalized spacial score (nSPS) is 17.8. The number of benzene rings is 1. The fraction of sp³-hybridized carbons (Fsp3) is 0.438. The Bertz CT molecular complexity index is 644. The standard InChI is InChI=1S/C16H19F2N3/c1-2-14-16-13(19)4-3-5-15(16)21(20-14)9-10-6-11(17)8-12(18)7-10/h6-8,13H,2-5,9,19H2,1H3. The first-order valence-electron chi connectivity index (χ1n) is 7.37. The number of aromatic nitrogens is 2. The average Bonchev–Trinajstić information content (AvgIpc) is 2.77. The van der Waals surface area contributed by atoms with Crippen molar-refractivity contribution in [3.8, 4) is 0 Å². The molecule has 5 heteroatoms. The summed E-state index contributed by atoms with van der Waals surface area (Å²) >= 11 is 0. The molecular weight excluding hydrogens is 272 g/mol. The summed E-state index contributed by atoms with van der Waals surface area (Å²) in [4.78, 5) is 0. The summed E-state index contributed by atoms with van der Waals surface area (Å²) in [5, 5.41) is 4.61. The SMILES string of the molecule is CCc1nn(Cc2cc(F)cc(F)c2)c2c1C(N)CCC2. The van der Waals surface area contributed by atoms with Crippen molar-refractivity contribution in [2.45, 2.75) is 45.2 Å². The van der Waals surface area contributed by atoms with Gasteiger partial charge in [0.2, 0.25) is 0 Å². The molecule has 3 nitrogen and oxygen atoms in total. The van der Waals surface area contributed by atoms with Gasteiger partial charge >= 0.3 is 0 Å². The van der Waals surface area contributed by atoms with Crippen LogP contribution in [-0.4, -0.2) is 9.78 Å². The van der Waals surface area contributed by atoms with E-state index in [9.17, 15) is 8.78 Å². The molecule has 1 aromatic heterocycles. The van der Waals surface area contributed by atoms with Crippen molar-refractivity contribution < 1.29 is 8.78 Å². The Morgan fingerprint density at radius 3 is 2.67 bits per heavy atom.